The summed E-state index contributed by atoms with van der Waals surface area (Å²) in [6.45, 7) is 3.61. The number of carbonyl (C=O) groups is 1. The standard InChI is InChI=1S/C15H17ClFN3O2/c1-9-15(16)10(2)20(19-9)8-14(22)18-7-13(21)11-3-5-12(17)6-4-11/h3-6,13,21H,7-8H2,1-2H3,(H,18,22). The van der Waals surface area contributed by atoms with Crippen molar-refractivity contribution in [3.8, 4) is 0 Å². The Morgan fingerprint density at radius 1 is 1.41 bits per heavy atom. The van der Waals surface area contributed by atoms with Gasteiger partial charge in [-0.3, -0.25) is 9.48 Å². The van der Waals surface area contributed by atoms with Crippen LogP contribution in [0.3, 0.4) is 0 Å². The minimum atomic E-state index is -0.895. The van der Waals surface area contributed by atoms with Crippen LogP contribution >= 0.6 is 11.6 Å². The Labute approximate surface area is 132 Å². The van der Waals surface area contributed by atoms with Crippen molar-refractivity contribution in [3.05, 3.63) is 52.1 Å². The zero-order chi connectivity index (χ0) is 16.3. The molecule has 0 saturated carbocycles. The van der Waals surface area contributed by atoms with Gasteiger partial charge in [-0.25, -0.2) is 4.39 Å². The third kappa shape index (κ3) is 3.84. The van der Waals surface area contributed by atoms with E-state index in [-0.39, 0.29) is 24.8 Å². The zero-order valence-electron chi connectivity index (χ0n) is 12.3. The predicted molar refractivity (Wildman–Crippen MR) is 81.1 cm³/mol. The van der Waals surface area contributed by atoms with E-state index in [9.17, 15) is 14.3 Å². The first kappa shape index (κ1) is 16.5. The Morgan fingerprint density at radius 3 is 2.59 bits per heavy atom. The lowest BCUT2D eigenvalue weighted by molar-refractivity contribution is -0.122. The summed E-state index contributed by atoms with van der Waals surface area (Å²) in [7, 11) is 0. The first-order valence-electron chi connectivity index (χ1n) is 6.78. The molecule has 1 heterocycles. The van der Waals surface area contributed by atoms with Crippen LogP contribution in [0.15, 0.2) is 24.3 Å². The fourth-order valence-electron chi connectivity index (χ4n) is 2.03. The Morgan fingerprint density at radius 2 is 2.05 bits per heavy atom. The van der Waals surface area contributed by atoms with Gasteiger partial charge in [-0.2, -0.15) is 5.10 Å². The SMILES string of the molecule is Cc1nn(CC(=O)NCC(O)c2ccc(F)cc2)c(C)c1Cl. The normalized spacial score (nSPS) is 12.2. The molecule has 2 N–H and O–H groups in total. The van der Waals surface area contributed by atoms with Crippen LogP contribution in [-0.2, 0) is 11.3 Å². The first-order chi connectivity index (χ1) is 10.4. The second kappa shape index (κ2) is 6.89. The molecule has 0 bridgehead atoms. The summed E-state index contributed by atoms with van der Waals surface area (Å²) in [6, 6.07) is 5.48. The Kier molecular flexibility index (Phi) is 5.15. The lowest BCUT2D eigenvalue weighted by Gasteiger charge is -2.12. The number of hydrogen-bond acceptors (Lipinski definition) is 3. The molecule has 2 rings (SSSR count). The Bertz CT molecular complexity index is 670. The monoisotopic (exact) mass is 325 g/mol. The van der Waals surface area contributed by atoms with E-state index in [1.165, 1.54) is 28.9 Å². The van der Waals surface area contributed by atoms with E-state index < -0.39 is 6.10 Å². The van der Waals surface area contributed by atoms with Crippen molar-refractivity contribution in [2.45, 2.75) is 26.5 Å². The van der Waals surface area contributed by atoms with Crippen LogP contribution in [0.1, 0.15) is 23.1 Å². The van der Waals surface area contributed by atoms with Gasteiger partial charge in [0.15, 0.2) is 0 Å². The predicted octanol–water partition coefficient (Wildman–Crippen LogP) is 2.14. The number of aliphatic hydroxyl groups excluding tert-OH is 1. The fraction of sp³-hybridized carbons (Fsp3) is 0.333. The maximum absolute atomic E-state index is 12.8. The van der Waals surface area contributed by atoms with Crippen molar-refractivity contribution in [3.63, 3.8) is 0 Å². The van der Waals surface area contributed by atoms with Gasteiger partial charge in [-0.05, 0) is 31.5 Å². The highest BCUT2D eigenvalue weighted by Crippen LogP contribution is 2.18. The minimum absolute atomic E-state index is 0.0233. The highest BCUT2D eigenvalue weighted by atomic mass is 35.5. The van der Waals surface area contributed by atoms with E-state index in [2.05, 4.69) is 10.4 Å². The van der Waals surface area contributed by atoms with E-state index in [0.717, 1.165) is 0 Å². The average Bonchev–Trinajstić information content (AvgIpc) is 2.73. The van der Waals surface area contributed by atoms with Crippen LogP contribution in [0, 0.1) is 19.7 Å². The number of benzene rings is 1. The highest BCUT2D eigenvalue weighted by molar-refractivity contribution is 6.31. The van der Waals surface area contributed by atoms with E-state index >= 15 is 0 Å². The fourth-order valence-corrected chi connectivity index (χ4v) is 2.17. The summed E-state index contributed by atoms with van der Waals surface area (Å²) in [5.74, 6) is -0.662. The van der Waals surface area contributed by atoms with Gasteiger partial charge in [0.25, 0.3) is 0 Å². The Balaban J connectivity index is 1.89. The van der Waals surface area contributed by atoms with Gasteiger partial charge in [-0.1, -0.05) is 23.7 Å². The van der Waals surface area contributed by atoms with Gasteiger partial charge in [0, 0.05) is 6.54 Å². The molecule has 0 fully saturated rings. The third-order valence-corrected chi connectivity index (χ3v) is 3.88. The number of rotatable bonds is 5. The van der Waals surface area contributed by atoms with Gasteiger partial charge in [0.05, 0.1) is 22.5 Å². The molecule has 1 aromatic heterocycles. The number of aryl methyl sites for hydroxylation is 1. The number of halogens is 2. The van der Waals surface area contributed by atoms with Crippen LogP contribution in [0.25, 0.3) is 0 Å². The van der Waals surface area contributed by atoms with Gasteiger partial charge >= 0.3 is 0 Å². The van der Waals surface area contributed by atoms with Crippen molar-refractivity contribution in [1.82, 2.24) is 15.1 Å². The molecule has 0 radical (unpaired) electrons. The molecular weight excluding hydrogens is 309 g/mol. The smallest absolute Gasteiger partial charge is 0.241 e. The third-order valence-electron chi connectivity index (χ3n) is 3.33. The molecule has 0 aliphatic carbocycles. The molecule has 1 atom stereocenters. The van der Waals surface area contributed by atoms with Crippen LogP contribution in [-0.4, -0.2) is 27.3 Å². The molecule has 0 spiro atoms. The molecule has 0 aliphatic heterocycles. The van der Waals surface area contributed by atoms with E-state index in [1.807, 2.05) is 0 Å². The van der Waals surface area contributed by atoms with Crippen molar-refractivity contribution in [2.24, 2.45) is 0 Å². The molecule has 0 aliphatic rings. The molecule has 2 aromatic rings. The summed E-state index contributed by atoms with van der Waals surface area (Å²) < 4.78 is 14.3. The molecular formula is C15H17ClFN3O2. The number of aliphatic hydroxyl groups is 1. The largest absolute Gasteiger partial charge is 0.387 e. The number of amides is 1. The van der Waals surface area contributed by atoms with Gasteiger partial charge in [0.2, 0.25) is 5.91 Å². The number of aromatic nitrogens is 2. The number of nitrogens with one attached hydrogen (secondary N) is 1. The van der Waals surface area contributed by atoms with E-state index in [0.29, 0.717) is 22.0 Å². The van der Waals surface area contributed by atoms with Crippen LogP contribution in [0.2, 0.25) is 5.02 Å². The first-order valence-corrected chi connectivity index (χ1v) is 7.16. The topological polar surface area (TPSA) is 67.2 Å². The van der Waals surface area contributed by atoms with Gasteiger partial charge < -0.3 is 10.4 Å². The zero-order valence-corrected chi connectivity index (χ0v) is 13.1. The maximum Gasteiger partial charge on any atom is 0.241 e. The summed E-state index contributed by atoms with van der Waals surface area (Å²) in [6.07, 6.45) is -0.895. The molecule has 1 amide bonds. The van der Waals surface area contributed by atoms with Crippen LogP contribution < -0.4 is 5.32 Å². The quantitative estimate of drug-likeness (QED) is 0.885. The Hall–Kier alpha value is -1.92. The molecule has 1 unspecified atom stereocenters. The number of nitrogens with zero attached hydrogens (tertiary/aromatic N) is 2. The number of hydrogen-bond donors (Lipinski definition) is 2. The summed E-state index contributed by atoms with van der Waals surface area (Å²) in [4.78, 5) is 11.9. The molecule has 5 nitrogen and oxygen atoms in total. The average molecular weight is 326 g/mol. The van der Waals surface area contributed by atoms with E-state index in [4.69, 9.17) is 11.6 Å². The molecule has 1 aromatic carbocycles. The van der Waals surface area contributed by atoms with Gasteiger partial charge in [0.1, 0.15) is 12.4 Å². The lowest BCUT2D eigenvalue weighted by Crippen LogP contribution is -2.32. The van der Waals surface area contributed by atoms with Crippen molar-refractivity contribution >= 4 is 17.5 Å². The summed E-state index contributed by atoms with van der Waals surface area (Å²) >= 11 is 6.02. The molecule has 22 heavy (non-hydrogen) atoms. The molecule has 118 valence electrons. The lowest BCUT2D eigenvalue weighted by atomic mass is 10.1. The van der Waals surface area contributed by atoms with Crippen LogP contribution in [0.4, 0.5) is 4.39 Å². The number of carbonyl (C=O) groups excluding carboxylic acids is 1. The van der Waals surface area contributed by atoms with Crippen molar-refractivity contribution in [2.75, 3.05) is 6.54 Å². The van der Waals surface area contributed by atoms with E-state index in [1.54, 1.807) is 13.8 Å². The van der Waals surface area contributed by atoms with Crippen LogP contribution in [0.5, 0.6) is 0 Å². The second-order valence-electron chi connectivity index (χ2n) is 5.01. The highest BCUT2D eigenvalue weighted by Gasteiger charge is 2.13. The van der Waals surface area contributed by atoms with Crippen molar-refractivity contribution in [1.29, 1.82) is 0 Å². The summed E-state index contributed by atoms with van der Waals surface area (Å²) in [5, 5.41) is 17.3. The van der Waals surface area contributed by atoms with Gasteiger partial charge in [-0.15, -0.1) is 0 Å². The molecule has 0 saturated heterocycles. The maximum atomic E-state index is 12.8. The molecule has 7 heteroatoms. The second-order valence-corrected chi connectivity index (χ2v) is 5.39. The summed E-state index contributed by atoms with van der Waals surface area (Å²) in [5.41, 5.74) is 1.92. The minimum Gasteiger partial charge on any atom is -0.387 e. The van der Waals surface area contributed by atoms with Crippen molar-refractivity contribution < 1.29 is 14.3 Å².